The van der Waals surface area contributed by atoms with Gasteiger partial charge in [0.1, 0.15) is 12.3 Å². The number of ether oxygens (including phenoxy) is 2. The van der Waals surface area contributed by atoms with Crippen molar-refractivity contribution in [3.05, 3.63) is 65.7 Å². The second-order valence-electron chi connectivity index (χ2n) is 6.80. The van der Waals surface area contributed by atoms with Crippen LogP contribution in [0.1, 0.15) is 42.1 Å². The molecular formula is C23H28N2O5. The summed E-state index contributed by atoms with van der Waals surface area (Å²) in [6.07, 6.45) is -0.0841. The van der Waals surface area contributed by atoms with Gasteiger partial charge in [-0.2, -0.15) is 0 Å². The second kappa shape index (κ2) is 11.6. The number of amides is 2. The highest BCUT2D eigenvalue weighted by Gasteiger charge is 2.19. The van der Waals surface area contributed by atoms with E-state index in [4.69, 9.17) is 9.47 Å². The van der Waals surface area contributed by atoms with E-state index in [0.29, 0.717) is 17.9 Å². The van der Waals surface area contributed by atoms with Gasteiger partial charge in [-0.15, -0.1) is 0 Å². The van der Waals surface area contributed by atoms with Gasteiger partial charge < -0.3 is 20.1 Å². The third-order valence-electron chi connectivity index (χ3n) is 4.71. The van der Waals surface area contributed by atoms with Gasteiger partial charge in [0.15, 0.2) is 6.10 Å². The smallest absolute Gasteiger partial charge is 0.326 e. The van der Waals surface area contributed by atoms with Gasteiger partial charge in [-0.1, -0.05) is 37.3 Å². The number of rotatable bonds is 10. The summed E-state index contributed by atoms with van der Waals surface area (Å²) >= 11 is 0. The zero-order chi connectivity index (χ0) is 21.9. The van der Waals surface area contributed by atoms with Crippen LogP contribution in [0.15, 0.2) is 54.6 Å². The van der Waals surface area contributed by atoms with Gasteiger partial charge in [-0.05, 0) is 43.2 Å². The van der Waals surface area contributed by atoms with Crippen molar-refractivity contribution >= 4 is 17.8 Å². The first-order chi connectivity index (χ1) is 14.4. The van der Waals surface area contributed by atoms with Gasteiger partial charge in [-0.3, -0.25) is 14.4 Å². The van der Waals surface area contributed by atoms with Crippen molar-refractivity contribution in [2.45, 2.75) is 32.3 Å². The van der Waals surface area contributed by atoms with E-state index in [9.17, 15) is 14.4 Å². The lowest BCUT2D eigenvalue weighted by Crippen LogP contribution is -2.40. The Balaban J connectivity index is 1.75. The monoisotopic (exact) mass is 412 g/mol. The van der Waals surface area contributed by atoms with Crippen molar-refractivity contribution in [2.75, 3.05) is 20.2 Å². The number of nitrogens with one attached hydrogen (secondary N) is 2. The van der Waals surface area contributed by atoms with E-state index in [1.807, 2.05) is 30.3 Å². The number of benzene rings is 2. The third kappa shape index (κ3) is 6.92. The quantitative estimate of drug-likeness (QED) is 0.585. The number of hydrogen-bond acceptors (Lipinski definition) is 5. The molecule has 0 bridgehead atoms. The third-order valence-corrected chi connectivity index (χ3v) is 4.71. The van der Waals surface area contributed by atoms with Crippen LogP contribution in [-0.2, 0) is 14.3 Å². The molecule has 0 fully saturated rings. The molecule has 0 aliphatic carbocycles. The van der Waals surface area contributed by atoms with Gasteiger partial charge in [0.05, 0.1) is 7.11 Å². The van der Waals surface area contributed by atoms with Gasteiger partial charge in [0.2, 0.25) is 0 Å². The summed E-state index contributed by atoms with van der Waals surface area (Å²) < 4.78 is 10.2. The SMILES string of the molecule is CC[C@@H](CNC(=O)[C@@H](C)OC(=O)CNC(=O)c1ccc(OC)cc1)c1ccccc1. The zero-order valence-corrected chi connectivity index (χ0v) is 17.5. The highest BCUT2D eigenvalue weighted by atomic mass is 16.5. The molecule has 2 aromatic carbocycles. The fourth-order valence-electron chi connectivity index (χ4n) is 2.88. The molecule has 0 saturated heterocycles. The summed E-state index contributed by atoms with van der Waals surface area (Å²) in [5.74, 6) is -0.667. The molecule has 0 radical (unpaired) electrons. The Morgan fingerprint density at radius 1 is 0.967 bits per heavy atom. The summed E-state index contributed by atoms with van der Waals surface area (Å²) in [4.78, 5) is 36.3. The standard InChI is InChI=1S/C23H28N2O5/c1-4-17(18-8-6-5-7-9-18)14-24-22(27)16(2)30-21(26)15-25-23(28)19-10-12-20(29-3)13-11-19/h5-13,16-17H,4,14-15H2,1-3H3,(H,24,27)(H,25,28)/t16-,17+/m1/s1. The minimum atomic E-state index is -0.955. The van der Waals surface area contributed by atoms with Crippen LogP contribution in [0.25, 0.3) is 0 Å². The Morgan fingerprint density at radius 3 is 2.23 bits per heavy atom. The van der Waals surface area contributed by atoms with Gasteiger partial charge in [-0.25, -0.2) is 0 Å². The van der Waals surface area contributed by atoms with Crippen molar-refractivity contribution in [2.24, 2.45) is 0 Å². The molecule has 0 aliphatic rings. The highest BCUT2D eigenvalue weighted by molar-refractivity contribution is 5.96. The Labute approximate surface area is 176 Å². The predicted octanol–water partition coefficient (Wildman–Crippen LogP) is 2.67. The second-order valence-corrected chi connectivity index (χ2v) is 6.80. The van der Waals surface area contributed by atoms with Crippen molar-refractivity contribution in [1.29, 1.82) is 0 Å². The topological polar surface area (TPSA) is 93.7 Å². The minimum Gasteiger partial charge on any atom is -0.497 e. The maximum Gasteiger partial charge on any atom is 0.326 e. The Morgan fingerprint density at radius 2 is 1.63 bits per heavy atom. The van der Waals surface area contributed by atoms with Crippen molar-refractivity contribution in [3.8, 4) is 5.75 Å². The minimum absolute atomic E-state index is 0.182. The number of hydrogen-bond donors (Lipinski definition) is 2. The molecule has 0 aromatic heterocycles. The van der Waals surface area contributed by atoms with Crippen LogP contribution in [0.4, 0.5) is 0 Å². The molecule has 0 heterocycles. The largest absolute Gasteiger partial charge is 0.497 e. The van der Waals surface area contributed by atoms with Crippen LogP contribution in [0.5, 0.6) is 5.75 Å². The maximum atomic E-state index is 12.3. The molecule has 0 aliphatic heterocycles. The van der Waals surface area contributed by atoms with Crippen LogP contribution >= 0.6 is 0 Å². The molecule has 2 rings (SSSR count). The first-order valence-electron chi connectivity index (χ1n) is 9.89. The molecular weight excluding hydrogens is 384 g/mol. The van der Waals surface area contributed by atoms with E-state index < -0.39 is 18.0 Å². The van der Waals surface area contributed by atoms with Gasteiger partial charge in [0.25, 0.3) is 11.8 Å². The highest BCUT2D eigenvalue weighted by Crippen LogP contribution is 2.18. The lowest BCUT2D eigenvalue weighted by molar-refractivity contribution is -0.153. The molecule has 2 amide bonds. The number of carbonyl (C=O) groups excluding carboxylic acids is 3. The Kier molecular flexibility index (Phi) is 8.87. The predicted molar refractivity (Wildman–Crippen MR) is 113 cm³/mol. The molecule has 7 nitrogen and oxygen atoms in total. The lowest BCUT2D eigenvalue weighted by Gasteiger charge is -2.18. The summed E-state index contributed by atoms with van der Waals surface area (Å²) in [5.41, 5.74) is 1.53. The molecule has 2 atom stereocenters. The molecule has 2 aromatic rings. The summed E-state index contributed by atoms with van der Waals surface area (Å²) in [6.45, 7) is 3.68. The van der Waals surface area contributed by atoms with E-state index >= 15 is 0 Å². The van der Waals surface area contributed by atoms with Crippen molar-refractivity contribution in [1.82, 2.24) is 10.6 Å². The first-order valence-corrected chi connectivity index (χ1v) is 9.89. The van der Waals surface area contributed by atoms with Crippen molar-refractivity contribution < 1.29 is 23.9 Å². The van der Waals surface area contributed by atoms with E-state index in [1.54, 1.807) is 24.3 Å². The van der Waals surface area contributed by atoms with Crippen molar-refractivity contribution in [3.63, 3.8) is 0 Å². The lowest BCUT2D eigenvalue weighted by atomic mass is 9.96. The Bertz CT molecular complexity index is 836. The van der Waals surface area contributed by atoms with Gasteiger partial charge >= 0.3 is 5.97 Å². The molecule has 0 unspecified atom stereocenters. The number of methoxy groups -OCH3 is 1. The molecule has 0 spiro atoms. The fourth-order valence-corrected chi connectivity index (χ4v) is 2.88. The maximum absolute atomic E-state index is 12.3. The molecule has 0 saturated carbocycles. The fraction of sp³-hybridized carbons (Fsp3) is 0.348. The molecule has 160 valence electrons. The first kappa shape index (κ1) is 22.9. The number of esters is 1. The normalized spacial score (nSPS) is 12.4. The zero-order valence-electron chi connectivity index (χ0n) is 17.5. The van der Waals surface area contributed by atoms with Crippen LogP contribution in [0, 0.1) is 0 Å². The summed E-state index contributed by atoms with van der Waals surface area (Å²) in [6, 6.07) is 16.4. The van der Waals surface area contributed by atoms with Crippen LogP contribution in [0.2, 0.25) is 0 Å². The average Bonchev–Trinajstić information content (AvgIpc) is 2.78. The summed E-state index contributed by atoms with van der Waals surface area (Å²) in [7, 11) is 1.53. The number of carbonyl (C=O) groups is 3. The van der Waals surface area contributed by atoms with E-state index in [0.717, 1.165) is 12.0 Å². The molecule has 7 heteroatoms. The average molecular weight is 412 g/mol. The van der Waals surface area contributed by atoms with Crippen LogP contribution in [0.3, 0.4) is 0 Å². The van der Waals surface area contributed by atoms with Crippen LogP contribution < -0.4 is 15.4 Å². The molecule has 30 heavy (non-hydrogen) atoms. The van der Waals surface area contributed by atoms with E-state index in [2.05, 4.69) is 17.6 Å². The molecule has 2 N–H and O–H groups in total. The van der Waals surface area contributed by atoms with Crippen LogP contribution in [-0.4, -0.2) is 44.1 Å². The van der Waals surface area contributed by atoms with Gasteiger partial charge in [0, 0.05) is 18.0 Å². The van der Waals surface area contributed by atoms with E-state index in [-0.39, 0.29) is 18.4 Å². The van der Waals surface area contributed by atoms with E-state index in [1.165, 1.54) is 14.0 Å². The summed E-state index contributed by atoms with van der Waals surface area (Å²) in [5, 5.41) is 5.30. The Hall–Kier alpha value is -3.35.